The fourth-order valence-corrected chi connectivity index (χ4v) is 1.98. The maximum Gasteiger partial charge on any atom is 0.236 e. The van der Waals surface area contributed by atoms with Gasteiger partial charge in [-0.2, -0.15) is 5.10 Å². The first kappa shape index (κ1) is 10.7. The Kier molecular flexibility index (Phi) is 3.41. The minimum absolute atomic E-state index is 0.0403. The van der Waals surface area contributed by atoms with Gasteiger partial charge in [-0.15, -0.1) is 5.10 Å². The van der Waals surface area contributed by atoms with Crippen LogP contribution in [0.25, 0.3) is 0 Å². The molecule has 1 fully saturated rings. The van der Waals surface area contributed by atoms with E-state index in [1.54, 1.807) is 6.07 Å². The molecule has 78 valence electrons. The Balaban J connectivity index is 1.98. The Hall–Kier alpha value is -0.830. The average molecular weight is 335 g/mol. The Labute approximate surface area is 104 Å². The molecule has 15 heavy (non-hydrogen) atoms. The van der Waals surface area contributed by atoms with Gasteiger partial charge in [0.2, 0.25) is 5.91 Å². The van der Waals surface area contributed by atoms with Crippen LogP contribution in [0, 0.1) is 3.77 Å². The number of hydrogen-bond donors (Lipinski definition) is 1. The zero-order valence-corrected chi connectivity index (χ0v) is 10.4. The molecule has 0 aliphatic carbocycles. The summed E-state index contributed by atoms with van der Waals surface area (Å²) in [5.41, 5.74) is 0. The van der Waals surface area contributed by atoms with Gasteiger partial charge in [0.05, 0.1) is 12.0 Å². The number of amidine groups is 1. The Morgan fingerprint density at radius 2 is 2.47 bits per heavy atom. The fourth-order valence-electron chi connectivity index (χ4n) is 0.915. The van der Waals surface area contributed by atoms with E-state index in [0.717, 1.165) is 3.77 Å². The first-order valence-electron chi connectivity index (χ1n) is 4.03. The van der Waals surface area contributed by atoms with Gasteiger partial charge in [0.15, 0.2) is 8.93 Å². The number of carbonyl (C=O) groups is 1. The van der Waals surface area contributed by atoms with Crippen LogP contribution < -0.4 is 5.32 Å². The van der Waals surface area contributed by atoms with Crippen molar-refractivity contribution in [2.24, 2.45) is 10.2 Å². The lowest BCUT2D eigenvalue weighted by molar-refractivity contribution is -0.116. The second-order valence-corrected chi connectivity index (χ2v) is 4.66. The van der Waals surface area contributed by atoms with E-state index in [0.29, 0.717) is 16.7 Å². The van der Waals surface area contributed by atoms with Gasteiger partial charge in [0, 0.05) is 0 Å². The third-order valence-electron chi connectivity index (χ3n) is 1.51. The number of amides is 1. The summed E-state index contributed by atoms with van der Waals surface area (Å²) in [5.74, 6) is 1.01. The summed E-state index contributed by atoms with van der Waals surface area (Å²) in [4.78, 5) is 10.8. The lowest BCUT2D eigenvalue weighted by Gasteiger charge is -1.88. The van der Waals surface area contributed by atoms with Crippen molar-refractivity contribution in [2.45, 2.75) is 0 Å². The maximum absolute atomic E-state index is 10.8. The number of halogens is 1. The van der Waals surface area contributed by atoms with Crippen LogP contribution in [-0.2, 0) is 4.79 Å². The molecule has 2 rings (SSSR count). The Morgan fingerprint density at radius 3 is 3.07 bits per heavy atom. The molecule has 1 aromatic rings. The summed E-state index contributed by atoms with van der Waals surface area (Å²) in [6.45, 7) is 0. The van der Waals surface area contributed by atoms with Crippen LogP contribution in [-0.4, -0.2) is 23.0 Å². The van der Waals surface area contributed by atoms with Crippen LogP contribution in [0.4, 0.5) is 0 Å². The van der Waals surface area contributed by atoms with Gasteiger partial charge in [0.25, 0.3) is 0 Å². The van der Waals surface area contributed by atoms with Crippen molar-refractivity contribution >= 4 is 51.6 Å². The van der Waals surface area contributed by atoms with Crippen molar-refractivity contribution in [1.29, 1.82) is 0 Å². The summed E-state index contributed by atoms with van der Waals surface area (Å²) < 4.78 is 6.04. The second-order valence-electron chi connectivity index (χ2n) is 2.63. The molecule has 1 aliphatic heterocycles. The maximum atomic E-state index is 10.8. The van der Waals surface area contributed by atoms with E-state index >= 15 is 0 Å². The lowest BCUT2D eigenvalue weighted by Crippen LogP contribution is -2.19. The number of thioether (sulfide) groups is 1. The molecule has 1 amide bonds. The molecule has 0 bridgehead atoms. The predicted octanol–water partition coefficient (Wildman–Crippen LogP) is 1.44. The topological polar surface area (TPSA) is 67.0 Å². The van der Waals surface area contributed by atoms with Crippen LogP contribution in [0.1, 0.15) is 5.76 Å². The average Bonchev–Trinajstić information content (AvgIpc) is 2.76. The van der Waals surface area contributed by atoms with Gasteiger partial charge in [-0.3, -0.25) is 4.79 Å². The predicted molar refractivity (Wildman–Crippen MR) is 67.1 cm³/mol. The number of nitrogens with zero attached hydrogens (tertiary/aromatic N) is 2. The zero-order chi connectivity index (χ0) is 10.7. The van der Waals surface area contributed by atoms with Crippen LogP contribution in [0.2, 0.25) is 0 Å². The normalized spacial score (nSPS) is 19.0. The SMILES string of the molecule is O=C1CS/C(=N\N=C/c2ccc(I)o2)N1. The molecular formula is C8H6IN3O2S. The molecule has 0 atom stereocenters. The van der Waals surface area contributed by atoms with Crippen molar-refractivity contribution in [2.75, 3.05) is 5.75 Å². The zero-order valence-electron chi connectivity index (χ0n) is 7.44. The highest BCUT2D eigenvalue weighted by molar-refractivity contribution is 14.1. The molecule has 0 saturated carbocycles. The molecule has 0 radical (unpaired) electrons. The van der Waals surface area contributed by atoms with E-state index in [1.807, 2.05) is 6.07 Å². The molecule has 2 heterocycles. The minimum atomic E-state index is -0.0403. The van der Waals surface area contributed by atoms with Crippen LogP contribution in [0.15, 0.2) is 26.8 Å². The summed E-state index contributed by atoms with van der Waals surface area (Å²) in [6, 6.07) is 3.63. The van der Waals surface area contributed by atoms with E-state index in [1.165, 1.54) is 18.0 Å². The van der Waals surface area contributed by atoms with Gasteiger partial charge in [0.1, 0.15) is 5.76 Å². The molecule has 1 saturated heterocycles. The van der Waals surface area contributed by atoms with Gasteiger partial charge in [-0.25, -0.2) is 0 Å². The fraction of sp³-hybridized carbons (Fsp3) is 0.125. The first-order valence-corrected chi connectivity index (χ1v) is 6.09. The van der Waals surface area contributed by atoms with Crippen molar-refractivity contribution < 1.29 is 9.21 Å². The monoisotopic (exact) mass is 335 g/mol. The number of carbonyl (C=O) groups excluding carboxylic acids is 1. The van der Waals surface area contributed by atoms with Crippen molar-refractivity contribution in [3.8, 4) is 0 Å². The highest BCUT2D eigenvalue weighted by Crippen LogP contribution is 2.10. The van der Waals surface area contributed by atoms with Gasteiger partial charge >= 0.3 is 0 Å². The van der Waals surface area contributed by atoms with Gasteiger partial charge < -0.3 is 9.73 Å². The van der Waals surface area contributed by atoms with Crippen LogP contribution >= 0.6 is 34.4 Å². The number of rotatable bonds is 2. The van der Waals surface area contributed by atoms with E-state index in [-0.39, 0.29) is 5.91 Å². The Morgan fingerprint density at radius 1 is 1.60 bits per heavy atom. The van der Waals surface area contributed by atoms with Crippen molar-refractivity contribution in [3.05, 3.63) is 21.7 Å². The summed E-state index contributed by atoms with van der Waals surface area (Å²) >= 11 is 3.40. The second kappa shape index (κ2) is 4.79. The molecule has 7 heteroatoms. The van der Waals surface area contributed by atoms with Gasteiger partial charge in [-0.1, -0.05) is 11.8 Å². The number of nitrogens with one attached hydrogen (secondary N) is 1. The summed E-state index contributed by atoms with van der Waals surface area (Å²) in [7, 11) is 0. The summed E-state index contributed by atoms with van der Waals surface area (Å²) in [5, 5.41) is 10.7. The van der Waals surface area contributed by atoms with E-state index in [4.69, 9.17) is 4.42 Å². The van der Waals surface area contributed by atoms with Gasteiger partial charge in [-0.05, 0) is 34.7 Å². The lowest BCUT2D eigenvalue weighted by atomic mass is 10.5. The Bertz CT molecular complexity index is 441. The smallest absolute Gasteiger partial charge is 0.236 e. The molecule has 5 nitrogen and oxygen atoms in total. The van der Waals surface area contributed by atoms with E-state index in [9.17, 15) is 4.79 Å². The van der Waals surface area contributed by atoms with E-state index in [2.05, 4.69) is 38.1 Å². The van der Waals surface area contributed by atoms with Crippen LogP contribution in [0.3, 0.4) is 0 Å². The molecule has 1 aromatic heterocycles. The molecule has 1 aliphatic rings. The molecule has 1 N–H and O–H groups in total. The van der Waals surface area contributed by atoms with E-state index < -0.39 is 0 Å². The quantitative estimate of drug-likeness (QED) is 0.505. The van der Waals surface area contributed by atoms with Crippen molar-refractivity contribution in [1.82, 2.24) is 5.32 Å². The number of furan rings is 1. The number of hydrogen-bond acceptors (Lipinski definition) is 5. The molecule has 0 spiro atoms. The van der Waals surface area contributed by atoms with Crippen molar-refractivity contribution in [3.63, 3.8) is 0 Å². The third kappa shape index (κ3) is 3.06. The molecule has 0 unspecified atom stereocenters. The third-order valence-corrected chi connectivity index (χ3v) is 2.96. The summed E-state index contributed by atoms with van der Waals surface area (Å²) in [6.07, 6.45) is 1.50. The largest absolute Gasteiger partial charge is 0.449 e. The highest BCUT2D eigenvalue weighted by atomic mass is 127. The molecular weight excluding hydrogens is 329 g/mol. The molecule has 0 aromatic carbocycles. The first-order chi connectivity index (χ1) is 7.24. The standard InChI is InChI=1S/C8H6IN3O2S/c9-6-2-1-5(14-6)3-10-12-8-11-7(13)4-15-8/h1-3H,4H2,(H,11,12,13)/b10-3-. The highest BCUT2D eigenvalue weighted by Gasteiger charge is 2.15. The minimum Gasteiger partial charge on any atom is -0.449 e. The van der Waals surface area contributed by atoms with Crippen LogP contribution in [0.5, 0.6) is 0 Å².